The van der Waals surface area contributed by atoms with Gasteiger partial charge in [0.2, 0.25) is 5.75 Å². The van der Waals surface area contributed by atoms with E-state index in [0.717, 1.165) is 0 Å². The number of aromatic amines is 1. The molecule has 18 heavy (non-hydrogen) atoms. The number of halogens is 3. The second-order valence-electron chi connectivity index (χ2n) is 2.98. The molecule has 0 amide bonds. The summed E-state index contributed by atoms with van der Waals surface area (Å²) in [5, 5.41) is 18.8. The molecule has 1 heterocycles. The molecule has 1 N–H and O–H groups in total. The topological polar surface area (TPSA) is 109 Å². The average Bonchev–Trinajstić information content (AvgIpc) is 2.20. The number of nitro groups is 1. The summed E-state index contributed by atoms with van der Waals surface area (Å²) in [6, 6.07) is 2.06. The van der Waals surface area contributed by atoms with Crippen LogP contribution in [0.5, 0.6) is 5.75 Å². The molecule has 0 saturated heterocycles. The first-order chi connectivity index (χ1) is 8.24. The monoisotopic (exact) mass is 263 g/mol. The van der Waals surface area contributed by atoms with E-state index in [1.807, 2.05) is 0 Å². The predicted molar refractivity (Wildman–Crippen MR) is 49.7 cm³/mol. The Morgan fingerprint density at radius 2 is 2.17 bits per heavy atom. The Bertz CT molecular complexity index is 572. The molecular formula is C8H4F3N3O4. The van der Waals surface area contributed by atoms with E-state index < -0.39 is 34.8 Å². The molecule has 10 heteroatoms. The van der Waals surface area contributed by atoms with Crippen molar-refractivity contribution in [2.45, 2.75) is 12.8 Å². The number of hydrogen-bond donors (Lipinski definition) is 1. The maximum absolute atomic E-state index is 12.0. The second-order valence-corrected chi connectivity index (χ2v) is 2.98. The van der Waals surface area contributed by atoms with Crippen LogP contribution in [0.2, 0.25) is 0 Å². The second kappa shape index (κ2) is 4.74. The van der Waals surface area contributed by atoms with Gasteiger partial charge in [0.15, 0.2) is 0 Å². The van der Waals surface area contributed by atoms with Gasteiger partial charge in [0.1, 0.15) is 0 Å². The van der Waals surface area contributed by atoms with Crippen LogP contribution in [0, 0.1) is 21.4 Å². The molecule has 0 aliphatic heterocycles. The minimum absolute atomic E-state index is 0.359. The van der Waals surface area contributed by atoms with Gasteiger partial charge in [-0.15, -0.1) is 13.2 Å². The van der Waals surface area contributed by atoms with Crippen LogP contribution in [0.15, 0.2) is 10.9 Å². The van der Waals surface area contributed by atoms with E-state index in [1.165, 1.54) is 6.07 Å². The minimum Gasteiger partial charge on any atom is -0.397 e. The van der Waals surface area contributed by atoms with Crippen molar-refractivity contribution in [1.29, 1.82) is 5.26 Å². The van der Waals surface area contributed by atoms with Crippen LogP contribution < -0.4 is 10.3 Å². The fourth-order valence-corrected chi connectivity index (χ4v) is 1.10. The number of H-pyrrole nitrogens is 1. The normalized spacial score (nSPS) is 10.8. The number of pyridine rings is 1. The van der Waals surface area contributed by atoms with E-state index >= 15 is 0 Å². The molecule has 0 unspecified atom stereocenters. The summed E-state index contributed by atoms with van der Waals surface area (Å²) in [6.07, 6.45) is -5.64. The highest BCUT2D eigenvalue weighted by Gasteiger charge is 2.35. The van der Waals surface area contributed by atoms with Gasteiger partial charge in [0.25, 0.3) is 0 Å². The van der Waals surface area contributed by atoms with Gasteiger partial charge >= 0.3 is 17.7 Å². The lowest BCUT2D eigenvalue weighted by Gasteiger charge is -2.09. The molecular weight excluding hydrogens is 259 g/mol. The maximum Gasteiger partial charge on any atom is 0.573 e. The lowest BCUT2D eigenvalue weighted by atomic mass is 10.2. The molecule has 96 valence electrons. The number of nitrogens with zero attached hydrogens (tertiary/aromatic N) is 2. The molecule has 0 fully saturated rings. The number of hydrogen-bond acceptors (Lipinski definition) is 5. The first kappa shape index (κ1) is 13.5. The number of alkyl halides is 3. The Kier molecular flexibility index (Phi) is 3.55. The Hall–Kier alpha value is -2.57. The summed E-state index contributed by atoms with van der Waals surface area (Å²) >= 11 is 0. The van der Waals surface area contributed by atoms with E-state index in [1.54, 1.807) is 4.98 Å². The standard InChI is InChI=1S/C8H4F3N3O4/c9-8(10,11)18-5-3-4(1-2-12)7(15)13-6(5)14(16)17/h3H,1H2,(H,13,15). The van der Waals surface area contributed by atoms with Gasteiger partial charge in [0.05, 0.1) is 18.1 Å². The first-order valence-corrected chi connectivity index (χ1v) is 4.28. The Balaban J connectivity index is 3.36. The summed E-state index contributed by atoms with van der Waals surface area (Å²) in [6.45, 7) is 0. The molecule has 0 aromatic carbocycles. The van der Waals surface area contributed by atoms with Crippen molar-refractivity contribution < 1.29 is 22.8 Å². The summed E-state index contributed by atoms with van der Waals surface area (Å²) < 4.78 is 39.4. The van der Waals surface area contributed by atoms with Gasteiger partial charge in [-0.1, -0.05) is 0 Å². The Morgan fingerprint density at radius 1 is 1.56 bits per heavy atom. The van der Waals surface area contributed by atoms with Gasteiger partial charge in [0, 0.05) is 6.07 Å². The summed E-state index contributed by atoms with van der Waals surface area (Å²) in [5.41, 5.74) is -1.37. The van der Waals surface area contributed by atoms with Crippen molar-refractivity contribution >= 4 is 5.82 Å². The third kappa shape index (κ3) is 3.21. The van der Waals surface area contributed by atoms with E-state index in [-0.39, 0.29) is 5.56 Å². The van der Waals surface area contributed by atoms with Crippen LogP contribution in [0.25, 0.3) is 0 Å². The van der Waals surface area contributed by atoms with Gasteiger partial charge in [-0.05, 0) is 4.92 Å². The fourth-order valence-electron chi connectivity index (χ4n) is 1.10. The zero-order chi connectivity index (χ0) is 13.9. The molecule has 1 aromatic heterocycles. The molecule has 7 nitrogen and oxygen atoms in total. The third-order valence-electron chi connectivity index (χ3n) is 1.74. The zero-order valence-electron chi connectivity index (χ0n) is 8.45. The first-order valence-electron chi connectivity index (χ1n) is 4.28. The van der Waals surface area contributed by atoms with Crippen molar-refractivity contribution in [3.8, 4) is 11.8 Å². The Morgan fingerprint density at radius 3 is 2.61 bits per heavy atom. The fraction of sp³-hybridized carbons (Fsp3) is 0.250. The summed E-state index contributed by atoms with van der Waals surface area (Å²) in [7, 11) is 0. The molecule has 1 aromatic rings. The lowest BCUT2D eigenvalue weighted by molar-refractivity contribution is -0.393. The SMILES string of the molecule is N#CCc1cc(OC(F)(F)F)c([N+](=O)[O-])[nH]c1=O. The van der Waals surface area contributed by atoms with Crippen molar-refractivity contribution in [3.63, 3.8) is 0 Å². The molecule has 0 bridgehead atoms. The quantitative estimate of drug-likeness (QED) is 0.651. The predicted octanol–water partition coefficient (Wildman–Crippen LogP) is 1.25. The highest BCUT2D eigenvalue weighted by molar-refractivity contribution is 5.42. The van der Waals surface area contributed by atoms with E-state index in [2.05, 4.69) is 4.74 Å². The third-order valence-corrected chi connectivity index (χ3v) is 1.74. The number of ether oxygens (including phenoxy) is 1. The molecule has 0 atom stereocenters. The van der Waals surface area contributed by atoms with Crippen LogP contribution in [0.3, 0.4) is 0 Å². The molecule has 0 radical (unpaired) electrons. The van der Waals surface area contributed by atoms with Gasteiger partial charge < -0.3 is 14.9 Å². The average molecular weight is 263 g/mol. The van der Waals surface area contributed by atoms with Crippen LogP contribution in [0.1, 0.15) is 5.56 Å². The van der Waals surface area contributed by atoms with Crippen molar-refractivity contribution in [3.05, 3.63) is 32.1 Å². The van der Waals surface area contributed by atoms with E-state index in [4.69, 9.17) is 5.26 Å². The summed E-state index contributed by atoms with van der Waals surface area (Å²) in [5.74, 6) is -2.39. The molecule has 1 rings (SSSR count). The smallest absolute Gasteiger partial charge is 0.397 e. The van der Waals surface area contributed by atoms with E-state index in [0.29, 0.717) is 6.07 Å². The lowest BCUT2D eigenvalue weighted by Crippen LogP contribution is -2.21. The minimum atomic E-state index is -5.15. The number of aromatic nitrogens is 1. The van der Waals surface area contributed by atoms with Crippen molar-refractivity contribution in [1.82, 2.24) is 4.98 Å². The van der Waals surface area contributed by atoms with E-state index in [9.17, 15) is 28.1 Å². The highest BCUT2D eigenvalue weighted by atomic mass is 19.4. The van der Waals surface area contributed by atoms with Gasteiger partial charge in [-0.25, -0.2) is 4.79 Å². The highest BCUT2D eigenvalue weighted by Crippen LogP contribution is 2.29. The van der Waals surface area contributed by atoms with Crippen molar-refractivity contribution in [2.75, 3.05) is 0 Å². The van der Waals surface area contributed by atoms with Gasteiger partial charge in [-0.3, -0.25) is 0 Å². The number of nitriles is 1. The van der Waals surface area contributed by atoms with Crippen LogP contribution in [-0.2, 0) is 6.42 Å². The molecule has 0 aliphatic carbocycles. The van der Waals surface area contributed by atoms with Crippen LogP contribution in [-0.4, -0.2) is 16.3 Å². The summed E-state index contributed by atoms with van der Waals surface area (Å²) in [4.78, 5) is 22.1. The molecule has 0 saturated carbocycles. The molecule has 0 aliphatic rings. The van der Waals surface area contributed by atoms with Gasteiger partial charge in [-0.2, -0.15) is 10.2 Å². The van der Waals surface area contributed by atoms with Crippen LogP contribution in [0.4, 0.5) is 19.0 Å². The molecule has 0 spiro atoms. The largest absolute Gasteiger partial charge is 0.573 e. The van der Waals surface area contributed by atoms with Crippen LogP contribution >= 0.6 is 0 Å². The number of nitrogens with one attached hydrogen (secondary N) is 1. The maximum atomic E-state index is 12.0. The Labute approximate surface area is 96.6 Å². The zero-order valence-corrected chi connectivity index (χ0v) is 8.45. The van der Waals surface area contributed by atoms with Crippen molar-refractivity contribution in [2.24, 2.45) is 0 Å². The number of rotatable bonds is 3.